The highest BCUT2D eigenvalue weighted by Crippen LogP contribution is 2.22. The van der Waals surface area contributed by atoms with Crippen molar-refractivity contribution in [3.05, 3.63) is 28.2 Å². The Labute approximate surface area is 86.4 Å². The summed E-state index contributed by atoms with van der Waals surface area (Å²) in [6.45, 7) is 0.756. The third-order valence-corrected chi connectivity index (χ3v) is 2.57. The number of hydrazine groups is 1. The van der Waals surface area contributed by atoms with Crippen molar-refractivity contribution < 1.29 is 4.74 Å². The number of benzene rings is 1. The van der Waals surface area contributed by atoms with Crippen molar-refractivity contribution in [1.29, 1.82) is 0 Å². The molecule has 0 aliphatic carbocycles. The van der Waals surface area contributed by atoms with Gasteiger partial charge in [0.05, 0.1) is 7.11 Å². The minimum absolute atomic E-state index is 0.756. The standard InChI is InChI=1S/C9H13BrN2O/c1-13-8-2-3-9(10)7(6-8)4-5-12-11/h2-3,6,12H,4-5,11H2,1H3. The molecule has 0 aliphatic rings. The Bertz CT molecular complexity index is 278. The first-order chi connectivity index (χ1) is 6.27. The van der Waals surface area contributed by atoms with Crippen LogP contribution < -0.4 is 16.0 Å². The molecule has 0 atom stereocenters. The fourth-order valence-corrected chi connectivity index (χ4v) is 1.52. The molecule has 0 heterocycles. The van der Waals surface area contributed by atoms with E-state index in [0.29, 0.717) is 0 Å². The van der Waals surface area contributed by atoms with E-state index < -0.39 is 0 Å². The molecule has 3 nitrogen and oxygen atoms in total. The average molecular weight is 245 g/mol. The van der Waals surface area contributed by atoms with Crippen LogP contribution in [0.25, 0.3) is 0 Å². The number of rotatable bonds is 4. The van der Waals surface area contributed by atoms with Crippen LogP contribution in [0.5, 0.6) is 5.75 Å². The maximum absolute atomic E-state index is 5.20. The second kappa shape index (κ2) is 5.21. The fourth-order valence-electron chi connectivity index (χ4n) is 1.08. The predicted molar refractivity (Wildman–Crippen MR) is 56.6 cm³/mol. The molecular weight excluding hydrogens is 232 g/mol. The largest absolute Gasteiger partial charge is 0.497 e. The smallest absolute Gasteiger partial charge is 0.119 e. The van der Waals surface area contributed by atoms with Crippen LogP contribution in [0, 0.1) is 0 Å². The van der Waals surface area contributed by atoms with Crippen LogP contribution in [0.4, 0.5) is 0 Å². The first-order valence-electron chi connectivity index (χ1n) is 4.04. The van der Waals surface area contributed by atoms with E-state index in [4.69, 9.17) is 10.6 Å². The van der Waals surface area contributed by atoms with Crippen molar-refractivity contribution in [3.63, 3.8) is 0 Å². The number of methoxy groups -OCH3 is 1. The van der Waals surface area contributed by atoms with Gasteiger partial charge in [-0.05, 0) is 30.2 Å². The zero-order valence-corrected chi connectivity index (χ0v) is 9.10. The van der Waals surface area contributed by atoms with Crippen LogP contribution in [0.2, 0.25) is 0 Å². The molecular formula is C9H13BrN2O. The molecule has 0 unspecified atom stereocenters. The van der Waals surface area contributed by atoms with Crippen molar-refractivity contribution in [2.45, 2.75) is 6.42 Å². The van der Waals surface area contributed by atoms with E-state index >= 15 is 0 Å². The van der Waals surface area contributed by atoms with Gasteiger partial charge in [-0.3, -0.25) is 11.3 Å². The zero-order valence-electron chi connectivity index (χ0n) is 7.51. The molecule has 1 rings (SSSR count). The second-order valence-electron chi connectivity index (χ2n) is 2.66. The lowest BCUT2D eigenvalue weighted by Gasteiger charge is -2.06. The molecule has 13 heavy (non-hydrogen) atoms. The van der Waals surface area contributed by atoms with Crippen molar-refractivity contribution in [1.82, 2.24) is 5.43 Å². The van der Waals surface area contributed by atoms with E-state index in [-0.39, 0.29) is 0 Å². The molecule has 0 aromatic heterocycles. The zero-order chi connectivity index (χ0) is 9.68. The van der Waals surface area contributed by atoms with Crippen LogP contribution in [-0.4, -0.2) is 13.7 Å². The van der Waals surface area contributed by atoms with Gasteiger partial charge in [-0.15, -0.1) is 0 Å². The van der Waals surface area contributed by atoms with E-state index in [1.807, 2.05) is 18.2 Å². The summed E-state index contributed by atoms with van der Waals surface area (Å²) >= 11 is 3.47. The third kappa shape index (κ3) is 2.99. The number of halogens is 1. The molecule has 0 amide bonds. The molecule has 72 valence electrons. The van der Waals surface area contributed by atoms with Gasteiger partial charge in [0.15, 0.2) is 0 Å². The van der Waals surface area contributed by atoms with Crippen LogP contribution >= 0.6 is 15.9 Å². The number of hydrogen-bond acceptors (Lipinski definition) is 3. The lowest BCUT2D eigenvalue weighted by molar-refractivity contribution is 0.414. The lowest BCUT2D eigenvalue weighted by Crippen LogP contribution is -2.24. The Kier molecular flexibility index (Phi) is 4.21. The average Bonchev–Trinajstić information content (AvgIpc) is 2.17. The normalized spacial score (nSPS) is 10.1. The Morgan fingerprint density at radius 1 is 1.54 bits per heavy atom. The van der Waals surface area contributed by atoms with Crippen LogP contribution in [0.3, 0.4) is 0 Å². The first-order valence-corrected chi connectivity index (χ1v) is 4.83. The highest BCUT2D eigenvalue weighted by molar-refractivity contribution is 9.10. The molecule has 0 aliphatic heterocycles. The summed E-state index contributed by atoms with van der Waals surface area (Å²) in [5, 5.41) is 0. The topological polar surface area (TPSA) is 47.3 Å². The highest BCUT2D eigenvalue weighted by Gasteiger charge is 2.00. The van der Waals surface area contributed by atoms with Gasteiger partial charge in [-0.1, -0.05) is 15.9 Å². The quantitative estimate of drug-likeness (QED) is 0.623. The highest BCUT2D eigenvalue weighted by atomic mass is 79.9. The van der Waals surface area contributed by atoms with Gasteiger partial charge >= 0.3 is 0 Å². The maximum atomic E-state index is 5.20. The van der Waals surface area contributed by atoms with Gasteiger partial charge in [0, 0.05) is 11.0 Å². The lowest BCUT2D eigenvalue weighted by atomic mass is 10.1. The SMILES string of the molecule is COc1ccc(Br)c(CCNN)c1. The summed E-state index contributed by atoms with van der Waals surface area (Å²) in [7, 11) is 1.66. The summed E-state index contributed by atoms with van der Waals surface area (Å²) in [4.78, 5) is 0. The Hall–Kier alpha value is -0.580. The minimum atomic E-state index is 0.756. The summed E-state index contributed by atoms with van der Waals surface area (Å²) in [5.74, 6) is 6.07. The number of ether oxygens (including phenoxy) is 1. The van der Waals surface area contributed by atoms with Crippen LogP contribution in [-0.2, 0) is 6.42 Å². The van der Waals surface area contributed by atoms with Gasteiger partial charge in [0.1, 0.15) is 5.75 Å². The van der Waals surface area contributed by atoms with Crippen molar-refractivity contribution in [2.75, 3.05) is 13.7 Å². The predicted octanol–water partition coefficient (Wildman–Crippen LogP) is 1.46. The van der Waals surface area contributed by atoms with Gasteiger partial charge in [0.2, 0.25) is 0 Å². The fraction of sp³-hybridized carbons (Fsp3) is 0.333. The molecule has 0 fully saturated rings. The van der Waals surface area contributed by atoms with E-state index in [0.717, 1.165) is 23.2 Å². The van der Waals surface area contributed by atoms with Gasteiger partial charge < -0.3 is 4.74 Å². The Morgan fingerprint density at radius 2 is 2.31 bits per heavy atom. The molecule has 1 aromatic carbocycles. The third-order valence-electron chi connectivity index (χ3n) is 1.79. The number of nitrogens with two attached hydrogens (primary N) is 1. The maximum Gasteiger partial charge on any atom is 0.119 e. The summed E-state index contributed by atoms with van der Waals surface area (Å²) in [6, 6.07) is 5.90. The van der Waals surface area contributed by atoms with Crippen molar-refractivity contribution in [2.24, 2.45) is 5.84 Å². The van der Waals surface area contributed by atoms with E-state index in [2.05, 4.69) is 21.4 Å². The summed E-state index contributed by atoms with van der Waals surface area (Å²) in [5.41, 5.74) is 3.81. The van der Waals surface area contributed by atoms with E-state index in [9.17, 15) is 0 Å². The molecule has 3 N–H and O–H groups in total. The minimum Gasteiger partial charge on any atom is -0.497 e. The van der Waals surface area contributed by atoms with Crippen molar-refractivity contribution in [3.8, 4) is 5.75 Å². The summed E-state index contributed by atoms with van der Waals surface area (Å²) in [6.07, 6.45) is 0.883. The Morgan fingerprint density at radius 3 is 2.92 bits per heavy atom. The number of hydrogen-bond donors (Lipinski definition) is 2. The number of nitrogens with one attached hydrogen (secondary N) is 1. The molecule has 0 saturated carbocycles. The monoisotopic (exact) mass is 244 g/mol. The van der Waals surface area contributed by atoms with Gasteiger partial charge in [0.25, 0.3) is 0 Å². The van der Waals surface area contributed by atoms with Crippen molar-refractivity contribution >= 4 is 15.9 Å². The molecule has 1 aromatic rings. The second-order valence-corrected chi connectivity index (χ2v) is 3.52. The van der Waals surface area contributed by atoms with Crippen LogP contribution in [0.15, 0.2) is 22.7 Å². The molecule has 0 spiro atoms. The van der Waals surface area contributed by atoms with E-state index in [1.165, 1.54) is 5.56 Å². The van der Waals surface area contributed by atoms with Gasteiger partial charge in [-0.25, -0.2) is 0 Å². The van der Waals surface area contributed by atoms with Crippen LogP contribution in [0.1, 0.15) is 5.56 Å². The van der Waals surface area contributed by atoms with E-state index in [1.54, 1.807) is 7.11 Å². The molecule has 0 saturated heterocycles. The summed E-state index contributed by atoms with van der Waals surface area (Å²) < 4.78 is 6.20. The molecule has 4 heteroatoms. The molecule has 0 radical (unpaired) electrons. The first kappa shape index (κ1) is 10.5. The van der Waals surface area contributed by atoms with Gasteiger partial charge in [-0.2, -0.15) is 0 Å². The Balaban J connectivity index is 2.78. The molecule has 0 bridgehead atoms.